The molecule has 0 amide bonds. The van der Waals surface area contributed by atoms with Crippen LogP contribution in [0.15, 0.2) is 17.1 Å². The predicted molar refractivity (Wildman–Crippen MR) is 126 cm³/mol. The average Bonchev–Trinajstić information content (AvgIpc) is 3.26. The Morgan fingerprint density at radius 2 is 2.06 bits per heavy atom. The van der Waals surface area contributed by atoms with Crippen molar-refractivity contribution in [2.24, 2.45) is 5.41 Å². The van der Waals surface area contributed by atoms with Crippen LogP contribution in [0.25, 0.3) is 11.0 Å². The minimum Gasteiger partial charge on any atom is -0.342 e. The van der Waals surface area contributed by atoms with Crippen molar-refractivity contribution in [1.29, 1.82) is 0 Å². The summed E-state index contributed by atoms with van der Waals surface area (Å²) in [5.74, 6) is 0.561. The largest absolute Gasteiger partial charge is 0.342 e. The van der Waals surface area contributed by atoms with E-state index in [1.54, 1.807) is 0 Å². The van der Waals surface area contributed by atoms with E-state index >= 15 is 0 Å². The van der Waals surface area contributed by atoms with Crippen molar-refractivity contribution in [3.63, 3.8) is 0 Å². The molecule has 0 bridgehead atoms. The Kier molecular flexibility index (Phi) is 4.20. The van der Waals surface area contributed by atoms with Crippen LogP contribution in [0.2, 0.25) is 0 Å². The third kappa shape index (κ3) is 2.72. The number of hydrogen-bond donors (Lipinski definition) is 3. The zero-order chi connectivity index (χ0) is 21.5. The number of nitrogens with one attached hydrogen (secondary N) is 3. The molecule has 9 nitrogen and oxygen atoms in total. The number of halogens is 1. The van der Waals surface area contributed by atoms with Gasteiger partial charge in [-0.15, -0.1) is 0 Å². The molecule has 11 heteroatoms. The van der Waals surface area contributed by atoms with Gasteiger partial charge in [-0.1, -0.05) is 0 Å². The van der Waals surface area contributed by atoms with Crippen molar-refractivity contribution < 1.29 is 4.21 Å². The SMILES string of the molecule is CC1(C)c2ccnc3c2[C@@H](N[S@]1=O)C1(CCN(c2nc4n[nH]c(I)c4c(=O)[nH]2)CC1)C3. The van der Waals surface area contributed by atoms with Crippen molar-refractivity contribution >= 4 is 50.6 Å². The fraction of sp³-hybridized carbons (Fsp3) is 0.500. The molecule has 1 saturated heterocycles. The van der Waals surface area contributed by atoms with E-state index in [2.05, 4.69) is 52.4 Å². The number of rotatable bonds is 1. The predicted octanol–water partition coefficient (Wildman–Crippen LogP) is 2.03. The highest BCUT2D eigenvalue weighted by atomic mass is 127. The van der Waals surface area contributed by atoms with E-state index in [0.29, 0.717) is 20.7 Å². The van der Waals surface area contributed by atoms with E-state index in [1.165, 1.54) is 5.56 Å². The quantitative estimate of drug-likeness (QED) is 0.399. The number of pyridine rings is 1. The van der Waals surface area contributed by atoms with Gasteiger partial charge in [0.05, 0.1) is 10.8 Å². The molecule has 1 fully saturated rings. The number of H-pyrrole nitrogens is 2. The van der Waals surface area contributed by atoms with Crippen LogP contribution in [0.4, 0.5) is 5.95 Å². The number of nitrogens with zero attached hydrogens (tertiary/aromatic N) is 4. The molecule has 5 heterocycles. The molecule has 3 N–H and O–H groups in total. The number of aromatic nitrogens is 5. The van der Waals surface area contributed by atoms with Crippen LogP contribution in [-0.4, -0.2) is 42.4 Å². The summed E-state index contributed by atoms with van der Waals surface area (Å²) in [7, 11) is -1.16. The van der Waals surface area contributed by atoms with E-state index in [9.17, 15) is 9.00 Å². The van der Waals surface area contributed by atoms with Crippen molar-refractivity contribution in [3.05, 3.63) is 43.1 Å². The molecule has 0 saturated carbocycles. The van der Waals surface area contributed by atoms with Gasteiger partial charge in [0.15, 0.2) is 5.65 Å². The molecule has 6 rings (SSSR count). The Morgan fingerprint density at radius 3 is 2.84 bits per heavy atom. The second-order valence-corrected chi connectivity index (χ2v) is 12.1. The summed E-state index contributed by atoms with van der Waals surface area (Å²) in [6.07, 6.45) is 4.55. The molecule has 2 aliphatic heterocycles. The molecule has 3 aromatic heterocycles. The van der Waals surface area contributed by atoms with Crippen LogP contribution < -0.4 is 15.2 Å². The molecule has 162 valence electrons. The minimum atomic E-state index is -1.16. The summed E-state index contributed by atoms with van der Waals surface area (Å²) in [6, 6.07) is 2.08. The van der Waals surface area contributed by atoms with Crippen LogP contribution in [-0.2, 0) is 22.2 Å². The van der Waals surface area contributed by atoms with Gasteiger partial charge in [-0.05, 0) is 78.3 Å². The van der Waals surface area contributed by atoms with Gasteiger partial charge in [0.2, 0.25) is 5.95 Å². The van der Waals surface area contributed by atoms with Crippen LogP contribution in [0.5, 0.6) is 0 Å². The Hall–Kier alpha value is -1.86. The van der Waals surface area contributed by atoms with E-state index in [1.807, 2.05) is 26.1 Å². The number of anilines is 1. The topological polar surface area (TPSA) is 120 Å². The number of piperidine rings is 1. The zero-order valence-electron chi connectivity index (χ0n) is 17.2. The third-order valence-electron chi connectivity index (χ3n) is 7.26. The highest BCUT2D eigenvalue weighted by Gasteiger charge is 2.54. The van der Waals surface area contributed by atoms with Gasteiger partial charge < -0.3 is 4.90 Å². The monoisotopic (exact) mass is 551 g/mol. The van der Waals surface area contributed by atoms with Gasteiger partial charge >= 0.3 is 0 Å². The summed E-state index contributed by atoms with van der Waals surface area (Å²) >= 11 is 2.06. The Balaban J connectivity index is 1.32. The van der Waals surface area contributed by atoms with Crippen LogP contribution in [0, 0.1) is 9.12 Å². The molecule has 0 unspecified atom stereocenters. The fourth-order valence-corrected chi connectivity index (χ4v) is 7.31. The molecule has 31 heavy (non-hydrogen) atoms. The fourth-order valence-electron chi connectivity index (χ4n) is 5.45. The van der Waals surface area contributed by atoms with Gasteiger partial charge in [0.25, 0.3) is 5.56 Å². The summed E-state index contributed by atoms with van der Waals surface area (Å²) < 4.78 is 16.8. The highest BCUT2D eigenvalue weighted by molar-refractivity contribution is 14.1. The Morgan fingerprint density at radius 1 is 1.29 bits per heavy atom. The molecule has 1 aliphatic carbocycles. The van der Waals surface area contributed by atoms with E-state index in [0.717, 1.165) is 43.6 Å². The zero-order valence-corrected chi connectivity index (χ0v) is 20.1. The van der Waals surface area contributed by atoms with Gasteiger partial charge in [-0.25, -0.2) is 8.93 Å². The molecule has 2 atom stereocenters. The normalized spacial score (nSPS) is 25.8. The van der Waals surface area contributed by atoms with E-state index in [-0.39, 0.29) is 17.0 Å². The second kappa shape index (κ2) is 6.58. The molecular formula is C20H22IN7O2S. The maximum atomic E-state index is 13.1. The first-order valence-electron chi connectivity index (χ1n) is 10.4. The number of aromatic amines is 2. The third-order valence-corrected chi connectivity index (χ3v) is 9.63. The Labute approximate surface area is 194 Å². The maximum absolute atomic E-state index is 13.1. The second-order valence-electron chi connectivity index (χ2n) is 9.20. The van der Waals surface area contributed by atoms with Crippen LogP contribution >= 0.6 is 22.6 Å². The molecule has 1 spiro atoms. The molecule has 0 aromatic carbocycles. The molecule has 3 aromatic rings. The smallest absolute Gasteiger partial charge is 0.264 e. The van der Waals surface area contributed by atoms with E-state index < -0.39 is 15.7 Å². The molecule has 0 radical (unpaired) electrons. The highest BCUT2D eigenvalue weighted by Crippen LogP contribution is 2.56. The summed E-state index contributed by atoms with van der Waals surface area (Å²) in [6.45, 7) is 5.58. The lowest BCUT2D eigenvalue weighted by Gasteiger charge is -2.46. The molecule has 3 aliphatic rings. The number of fused-ring (bicyclic) bond motifs is 2. The Bertz CT molecular complexity index is 1310. The average molecular weight is 551 g/mol. The first kappa shape index (κ1) is 19.8. The van der Waals surface area contributed by atoms with Crippen LogP contribution in [0.3, 0.4) is 0 Å². The lowest BCUT2D eigenvalue weighted by molar-refractivity contribution is 0.174. The van der Waals surface area contributed by atoms with Crippen molar-refractivity contribution in [2.45, 2.75) is 43.9 Å². The van der Waals surface area contributed by atoms with Crippen molar-refractivity contribution in [2.75, 3.05) is 18.0 Å². The summed E-state index contributed by atoms with van der Waals surface area (Å²) in [5, 5.41) is 7.48. The van der Waals surface area contributed by atoms with Gasteiger partial charge in [-0.2, -0.15) is 10.1 Å². The van der Waals surface area contributed by atoms with E-state index in [4.69, 9.17) is 4.98 Å². The maximum Gasteiger partial charge on any atom is 0.264 e. The first-order chi connectivity index (χ1) is 14.8. The minimum absolute atomic E-state index is 0.0276. The lowest BCUT2D eigenvalue weighted by Crippen LogP contribution is -2.50. The van der Waals surface area contributed by atoms with Crippen molar-refractivity contribution in [1.82, 2.24) is 29.9 Å². The van der Waals surface area contributed by atoms with Gasteiger partial charge in [-0.3, -0.25) is 19.9 Å². The summed E-state index contributed by atoms with van der Waals surface area (Å²) in [5.41, 5.74) is 3.78. The van der Waals surface area contributed by atoms with Crippen LogP contribution in [0.1, 0.15) is 49.6 Å². The summed E-state index contributed by atoms with van der Waals surface area (Å²) in [4.78, 5) is 26.8. The van der Waals surface area contributed by atoms with Gasteiger partial charge in [0.1, 0.15) is 20.1 Å². The van der Waals surface area contributed by atoms with Gasteiger partial charge in [0, 0.05) is 25.0 Å². The standard InChI is InChI=1S/C20H22IN7O2S/c1-19(2)10-3-6-22-11-9-20(14(12(10)11)27-31(19)30)4-7-28(8-5-20)18-23-16-13(17(29)24-18)15(21)25-26-16/h3,6,14,27H,4-5,7-9H2,1-2H3,(H2,23,24,25,26,29)/t14-,31+/m1/s1. The van der Waals surface area contributed by atoms with Crippen molar-refractivity contribution in [3.8, 4) is 0 Å². The number of hydrogen-bond acceptors (Lipinski definition) is 6. The molecular weight excluding hydrogens is 529 g/mol. The first-order valence-corrected chi connectivity index (χ1v) is 12.6. The lowest BCUT2D eigenvalue weighted by atomic mass is 9.72.